The van der Waals surface area contributed by atoms with Gasteiger partial charge >= 0.3 is 0 Å². The van der Waals surface area contributed by atoms with Gasteiger partial charge < -0.3 is 20.3 Å². The molecule has 1 aromatic rings. The zero-order chi connectivity index (χ0) is 19.8. The van der Waals surface area contributed by atoms with Crippen molar-refractivity contribution in [2.75, 3.05) is 43.5 Å². The third kappa shape index (κ3) is 5.41. The molecule has 1 aromatic carbocycles. The van der Waals surface area contributed by atoms with Gasteiger partial charge in [0.05, 0.1) is 12.6 Å². The second kappa shape index (κ2) is 10.2. The third-order valence-corrected chi connectivity index (χ3v) is 6.70. The molecule has 6 nitrogen and oxygen atoms in total. The second-order valence-corrected chi connectivity index (χ2v) is 9.04. The number of aliphatic imine (C=N–C) groups is 1. The van der Waals surface area contributed by atoms with E-state index in [1.165, 1.54) is 0 Å². The van der Waals surface area contributed by atoms with Gasteiger partial charge in [0.15, 0.2) is 5.96 Å². The quantitative estimate of drug-likeness (QED) is 0.540. The predicted molar refractivity (Wildman–Crippen MR) is 117 cm³/mol. The van der Waals surface area contributed by atoms with E-state index >= 15 is 0 Å². The number of rotatable bonds is 7. The number of amides is 1. The molecule has 1 amide bonds. The fraction of sp³-hybridized carbons (Fsp3) is 0.619. The highest BCUT2D eigenvalue weighted by Crippen LogP contribution is 2.35. The number of carbonyl (C=O) groups is 1. The minimum Gasteiger partial charge on any atom is -0.381 e. The van der Waals surface area contributed by atoms with Crippen molar-refractivity contribution in [3.8, 4) is 0 Å². The Morgan fingerprint density at radius 2 is 2.04 bits per heavy atom. The van der Waals surface area contributed by atoms with Crippen molar-refractivity contribution in [1.29, 1.82) is 0 Å². The highest BCUT2D eigenvalue weighted by molar-refractivity contribution is 8.00. The molecule has 28 heavy (non-hydrogen) atoms. The first-order chi connectivity index (χ1) is 13.7. The van der Waals surface area contributed by atoms with Gasteiger partial charge in [0, 0.05) is 43.2 Å². The first-order valence-corrected chi connectivity index (χ1v) is 11.3. The summed E-state index contributed by atoms with van der Waals surface area (Å²) in [6.45, 7) is 8.14. The predicted octanol–water partition coefficient (Wildman–Crippen LogP) is 2.65. The normalized spacial score (nSPS) is 22.4. The summed E-state index contributed by atoms with van der Waals surface area (Å²) in [7, 11) is 0. The van der Waals surface area contributed by atoms with Gasteiger partial charge in [-0.25, -0.2) is 0 Å². The van der Waals surface area contributed by atoms with Crippen LogP contribution in [0.5, 0.6) is 0 Å². The monoisotopic (exact) mass is 404 g/mol. The van der Waals surface area contributed by atoms with Gasteiger partial charge in [-0.15, -0.1) is 0 Å². The van der Waals surface area contributed by atoms with Crippen molar-refractivity contribution >= 4 is 29.3 Å². The van der Waals surface area contributed by atoms with Crippen LogP contribution in [0, 0.1) is 0 Å². The maximum atomic E-state index is 12.5. The Morgan fingerprint density at radius 1 is 1.29 bits per heavy atom. The van der Waals surface area contributed by atoms with Gasteiger partial charge in [0.1, 0.15) is 0 Å². The van der Waals surface area contributed by atoms with Crippen LogP contribution in [0.1, 0.15) is 33.1 Å². The van der Waals surface area contributed by atoms with Crippen LogP contribution >= 0.6 is 11.8 Å². The van der Waals surface area contributed by atoms with Gasteiger partial charge in [-0.1, -0.05) is 25.1 Å². The van der Waals surface area contributed by atoms with E-state index in [4.69, 9.17) is 9.73 Å². The van der Waals surface area contributed by atoms with Gasteiger partial charge in [0.2, 0.25) is 5.91 Å². The SMILES string of the molecule is CCNC(=NCC1(SCC)CCOCC1)NC1CC(=O)N(c2ccccc2)C1. The molecule has 2 fully saturated rings. The topological polar surface area (TPSA) is 66.0 Å². The zero-order valence-corrected chi connectivity index (χ0v) is 17.8. The van der Waals surface area contributed by atoms with Crippen LogP contribution in [0.15, 0.2) is 35.3 Å². The van der Waals surface area contributed by atoms with Crippen LogP contribution in [0.2, 0.25) is 0 Å². The molecule has 2 aliphatic heterocycles. The molecular weight excluding hydrogens is 372 g/mol. The lowest BCUT2D eigenvalue weighted by molar-refractivity contribution is -0.117. The number of carbonyl (C=O) groups excluding carboxylic acids is 1. The fourth-order valence-corrected chi connectivity index (χ4v) is 5.02. The number of para-hydroxylation sites is 1. The average molecular weight is 405 g/mol. The first kappa shape index (κ1) is 21.0. The molecule has 0 radical (unpaired) electrons. The van der Waals surface area contributed by atoms with E-state index in [0.717, 1.165) is 56.5 Å². The number of guanidine groups is 1. The van der Waals surface area contributed by atoms with E-state index < -0.39 is 0 Å². The summed E-state index contributed by atoms with van der Waals surface area (Å²) in [6, 6.07) is 9.93. The van der Waals surface area contributed by atoms with E-state index in [9.17, 15) is 4.79 Å². The number of hydrogen-bond donors (Lipinski definition) is 2. The van der Waals surface area contributed by atoms with Crippen LogP contribution in [0.3, 0.4) is 0 Å². The van der Waals surface area contributed by atoms with E-state index in [2.05, 4.69) is 24.5 Å². The lowest BCUT2D eigenvalue weighted by Crippen LogP contribution is -2.46. The van der Waals surface area contributed by atoms with Crippen molar-refractivity contribution in [2.24, 2.45) is 4.99 Å². The van der Waals surface area contributed by atoms with Crippen LogP contribution in [-0.4, -0.2) is 61.3 Å². The van der Waals surface area contributed by atoms with Gasteiger partial charge in [-0.3, -0.25) is 9.79 Å². The van der Waals surface area contributed by atoms with Crippen LogP contribution in [0.4, 0.5) is 5.69 Å². The van der Waals surface area contributed by atoms with Crippen molar-refractivity contribution in [1.82, 2.24) is 10.6 Å². The molecule has 7 heteroatoms. The van der Waals surface area contributed by atoms with E-state index in [1.54, 1.807) is 0 Å². The minimum absolute atomic E-state index is 0.0648. The Balaban J connectivity index is 1.64. The van der Waals surface area contributed by atoms with Crippen LogP contribution in [0.25, 0.3) is 0 Å². The minimum atomic E-state index is 0.0648. The number of thioether (sulfide) groups is 1. The Kier molecular flexibility index (Phi) is 7.62. The summed E-state index contributed by atoms with van der Waals surface area (Å²) >= 11 is 2.00. The molecule has 0 bridgehead atoms. The fourth-order valence-electron chi connectivity index (χ4n) is 3.80. The second-order valence-electron chi connectivity index (χ2n) is 7.31. The van der Waals surface area contributed by atoms with Gasteiger partial charge in [-0.05, 0) is 37.7 Å². The summed E-state index contributed by atoms with van der Waals surface area (Å²) < 4.78 is 5.73. The molecule has 2 heterocycles. The molecule has 3 rings (SSSR count). The van der Waals surface area contributed by atoms with Crippen molar-refractivity contribution in [3.05, 3.63) is 30.3 Å². The summed E-state index contributed by atoms with van der Waals surface area (Å²) in [4.78, 5) is 19.2. The largest absolute Gasteiger partial charge is 0.381 e. The molecule has 0 aliphatic carbocycles. The van der Waals surface area contributed by atoms with Gasteiger partial charge in [-0.2, -0.15) is 11.8 Å². The summed E-state index contributed by atoms with van der Waals surface area (Å²) in [5, 5.41) is 6.83. The Hall–Kier alpha value is -1.73. The highest BCUT2D eigenvalue weighted by atomic mass is 32.2. The standard InChI is InChI=1S/C21H32N4O2S/c1-3-22-20(23-16-21(28-4-2)10-12-27-13-11-21)24-17-14-19(26)25(15-17)18-8-6-5-7-9-18/h5-9,17H,3-4,10-16H2,1-2H3,(H2,22,23,24). The molecule has 2 N–H and O–H groups in total. The summed E-state index contributed by atoms with van der Waals surface area (Å²) in [5.74, 6) is 2.04. The molecule has 2 aliphatic rings. The van der Waals surface area contributed by atoms with E-state index in [-0.39, 0.29) is 16.7 Å². The Labute approximate surface area is 172 Å². The van der Waals surface area contributed by atoms with Crippen molar-refractivity contribution in [3.63, 3.8) is 0 Å². The number of hydrogen-bond acceptors (Lipinski definition) is 4. The number of ether oxygens (including phenoxy) is 1. The number of anilines is 1. The Morgan fingerprint density at radius 3 is 2.71 bits per heavy atom. The van der Waals surface area contributed by atoms with Crippen molar-refractivity contribution in [2.45, 2.75) is 43.9 Å². The number of nitrogens with one attached hydrogen (secondary N) is 2. The maximum Gasteiger partial charge on any atom is 0.229 e. The number of nitrogens with zero attached hydrogens (tertiary/aromatic N) is 2. The molecule has 2 saturated heterocycles. The highest BCUT2D eigenvalue weighted by Gasteiger charge is 2.34. The van der Waals surface area contributed by atoms with E-state index in [0.29, 0.717) is 13.0 Å². The molecular formula is C21H32N4O2S. The lowest BCUT2D eigenvalue weighted by Gasteiger charge is -2.35. The van der Waals surface area contributed by atoms with Gasteiger partial charge in [0.25, 0.3) is 0 Å². The molecule has 154 valence electrons. The molecule has 0 aromatic heterocycles. The smallest absolute Gasteiger partial charge is 0.229 e. The lowest BCUT2D eigenvalue weighted by atomic mass is 9.99. The Bertz CT molecular complexity index is 656. The van der Waals surface area contributed by atoms with Crippen LogP contribution in [-0.2, 0) is 9.53 Å². The summed E-state index contributed by atoms with van der Waals surface area (Å²) in [6.07, 6.45) is 2.57. The third-order valence-electron chi connectivity index (χ3n) is 5.26. The molecule has 1 atom stereocenters. The van der Waals surface area contributed by atoms with E-state index in [1.807, 2.05) is 47.0 Å². The molecule has 1 unspecified atom stereocenters. The first-order valence-electron chi connectivity index (χ1n) is 10.3. The molecule has 0 spiro atoms. The summed E-state index contributed by atoms with van der Waals surface area (Å²) in [5.41, 5.74) is 0.958. The molecule has 0 saturated carbocycles. The maximum absolute atomic E-state index is 12.5. The zero-order valence-electron chi connectivity index (χ0n) is 16.9. The van der Waals surface area contributed by atoms with Crippen molar-refractivity contribution < 1.29 is 9.53 Å². The number of benzene rings is 1. The van der Waals surface area contributed by atoms with Crippen LogP contribution < -0.4 is 15.5 Å². The average Bonchev–Trinajstić information content (AvgIpc) is 3.08.